The quantitative estimate of drug-likeness (QED) is 0.646. The van der Waals surface area contributed by atoms with Gasteiger partial charge in [0, 0.05) is 24.6 Å². The molecule has 1 aliphatic carbocycles. The Morgan fingerprint density at radius 1 is 1.19 bits per heavy atom. The van der Waals surface area contributed by atoms with E-state index in [0.29, 0.717) is 17.3 Å². The smallest absolute Gasteiger partial charge is 0.313 e. The minimum absolute atomic E-state index is 0.225. The molecule has 0 saturated heterocycles. The number of aryl methyl sites for hydroxylation is 1. The number of allylic oxidation sites excluding steroid dienone is 1. The predicted molar refractivity (Wildman–Crippen MR) is 123 cm³/mol. The lowest BCUT2D eigenvalue weighted by atomic mass is 9.91. The van der Waals surface area contributed by atoms with Gasteiger partial charge in [-0.2, -0.15) is 5.01 Å². The first-order valence-corrected chi connectivity index (χ1v) is 11.0. The Hall–Kier alpha value is -2.67. The van der Waals surface area contributed by atoms with Crippen LogP contribution in [-0.4, -0.2) is 24.2 Å². The van der Waals surface area contributed by atoms with E-state index >= 15 is 0 Å². The highest BCUT2D eigenvalue weighted by Crippen LogP contribution is 2.24. The van der Waals surface area contributed by atoms with Crippen molar-refractivity contribution >= 4 is 29.4 Å². The maximum atomic E-state index is 13.1. The summed E-state index contributed by atoms with van der Waals surface area (Å²) in [5.41, 5.74) is 9.25. The third-order valence-electron chi connectivity index (χ3n) is 5.89. The second-order valence-electron chi connectivity index (χ2n) is 8.18. The van der Waals surface area contributed by atoms with Gasteiger partial charge in [0.25, 0.3) is 0 Å². The summed E-state index contributed by atoms with van der Waals surface area (Å²) in [6.07, 6.45) is 5.33. The fraction of sp³-hybridized carbons (Fsp3) is 0.333. The number of nitrogens with zero attached hydrogens (tertiary/aromatic N) is 1. The second kappa shape index (κ2) is 9.64. The van der Waals surface area contributed by atoms with Crippen LogP contribution in [0.1, 0.15) is 36.8 Å². The van der Waals surface area contributed by atoms with Gasteiger partial charge in [0.2, 0.25) is 5.70 Å². The molecule has 31 heavy (non-hydrogen) atoms. The minimum atomic E-state index is -0.228. The first-order valence-electron chi connectivity index (χ1n) is 10.7. The Labute approximate surface area is 187 Å². The molecule has 6 nitrogen and oxygen atoms in total. The van der Waals surface area contributed by atoms with E-state index in [1.165, 1.54) is 0 Å². The number of carbonyl (C=O) groups excluding carboxylic acids is 1. The molecule has 1 saturated carbocycles. The maximum absolute atomic E-state index is 13.1. The molecule has 7 heteroatoms. The molecule has 1 atom stereocenters. The van der Waals surface area contributed by atoms with Crippen LogP contribution in [0.15, 0.2) is 64.4 Å². The highest BCUT2D eigenvalue weighted by atomic mass is 35.5. The Morgan fingerprint density at radius 3 is 2.65 bits per heavy atom. The maximum Gasteiger partial charge on any atom is 0.313 e. The molecule has 2 aromatic rings. The molecule has 0 radical (unpaired) electrons. The van der Waals surface area contributed by atoms with Crippen LogP contribution in [0.2, 0.25) is 0 Å². The van der Waals surface area contributed by atoms with E-state index in [9.17, 15) is 4.79 Å². The molecule has 0 bridgehead atoms. The van der Waals surface area contributed by atoms with Gasteiger partial charge in [-0.05, 0) is 49.1 Å². The molecule has 0 spiro atoms. The zero-order valence-electron chi connectivity index (χ0n) is 17.6. The van der Waals surface area contributed by atoms with Crippen molar-refractivity contribution in [2.75, 3.05) is 5.32 Å². The summed E-state index contributed by atoms with van der Waals surface area (Å²) in [6.45, 7) is 2.44. The molecule has 4 rings (SSSR count). The van der Waals surface area contributed by atoms with E-state index in [-0.39, 0.29) is 18.0 Å². The van der Waals surface area contributed by atoms with Crippen LogP contribution in [-0.2, 0) is 11.4 Å². The number of nitrogens with one attached hydrogen (secondary N) is 2. The lowest BCUT2D eigenvalue weighted by Gasteiger charge is -2.28. The van der Waals surface area contributed by atoms with Crippen molar-refractivity contribution in [3.05, 3.63) is 70.4 Å². The van der Waals surface area contributed by atoms with Crippen molar-refractivity contribution in [1.29, 1.82) is 0 Å². The third-order valence-corrected chi connectivity index (χ3v) is 6.18. The summed E-state index contributed by atoms with van der Waals surface area (Å²) in [5.74, 6) is 0.528. The number of nitrogens with two attached hydrogens (primary N) is 1. The topological polar surface area (TPSA) is 81.1 Å². The Kier molecular flexibility index (Phi) is 6.70. The van der Waals surface area contributed by atoms with Crippen LogP contribution in [0, 0.1) is 6.92 Å². The van der Waals surface area contributed by atoms with E-state index in [4.69, 9.17) is 22.1 Å². The molecule has 2 aromatic carbocycles. The SMILES string of the molecule is Cc1cc(OCc2ccccc2)ccc1NC(=O)C1=C(Cl)C=N[NH+]1C1CCC(N)CC1. The van der Waals surface area contributed by atoms with E-state index in [1.54, 1.807) is 6.21 Å². The number of quaternary nitrogens is 1. The molecule has 1 heterocycles. The van der Waals surface area contributed by atoms with Crippen molar-refractivity contribution in [3.63, 3.8) is 0 Å². The molecular weight excluding hydrogens is 412 g/mol. The third kappa shape index (κ3) is 5.15. The Balaban J connectivity index is 1.41. The number of hydrogen-bond acceptors (Lipinski definition) is 4. The first-order chi connectivity index (χ1) is 15.0. The van der Waals surface area contributed by atoms with Gasteiger partial charge >= 0.3 is 5.91 Å². The number of hydrogen-bond donors (Lipinski definition) is 3. The van der Waals surface area contributed by atoms with Gasteiger partial charge in [-0.1, -0.05) is 47.0 Å². The number of rotatable bonds is 6. The summed E-state index contributed by atoms with van der Waals surface area (Å²) in [7, 11) is 0. The summed E-state index contributed by atoms with van der Waals surface area (Å²) < 4.78 is 5.88. The van der Waals surface area contributed by atoms with E-state index < -0.39 is 0 Å². The molecule has 1 aliphatic heterocycles. The van der Waals surface area contributed by atoms with E-state index in [1.807, 2.05) is 55.5 Å². The molecule has 1 amide bonds. The van der Waals surface area contributed by atoms with Crippen LogP contribution in [0.4, 0.5) is 5.69 Å². The molecule has 0 aromatic heterocycles. The number of anilines is 1. The Bertz CT molecular complexity index is 998. The van der Waals surface area contributed by atoms with Crippen molar-refractivity contribution < 1.29 is 14.5 Å². The molecule has 1 unspecified atom stereocenters. The van der Waals surface area contributed by atoms with Gasteiger partial charge in [-0.3, -0.25) is 4.79 Å². The number of ether oxygens (including phenoxy) is 1. The average molecular weight is 440 g/mol. The molecular formula is C24H28ClN4O2+. The van der Waals surface area contributed by atoms with Gasteiger partial charge < -0.3 is 15.8 Å². The van der Waals surface area contributed by atoms with Crippen molar-refractivity contribution in [1.82, 2.24) is 0 Å². The van der Waals surface area contributed by atoms with E-state index in [2.05, 4.69) is 10.4 Å². The summed E-state index contributed by atoms with van der Waals surface area (Å²) in [5, 5.41) is 8.64. The van der Waals surface area contributed by atoms with Gasteiger partial charge in [0.15, 0.2) is 0 Å². The van der Waals surface area contributed by atoms with Crippen LogP contribution in [0.3, 0.4) is 0 Å². The number of benzene rings is 2. The predicted octanol–water partition coefficient (Wildman–Crippen LogP) is 3.12. The number of carbonyl (C=O) groups is 1. The van der Waals surface area contributed by atoms with Gasteiger partial charge in [0.1, 0.15) is 29.6 Å². The van der Waals surface area contributed by atoms with Crippen molar-refractivity contribution in [3.8, 4) is 5.75 Å². The van der Waals surface area contributed by atoms with E-state index in [0.717, 1.165) is 53.3 Å². The van der Waals surface area contributed by atoms with Crippen LogP contribution in [0.25, 0.3) is 0 Å². The monoisotopic (exact) mass is 439 g/mol. The Morgan fingerprint density at radius 2 is 1.94 bits per heavy atom. The zero-order valence-corrected chi connectivity index (χ0v) is 18.4. The fourth-order valence-electron chi connectivity index (χ4n) is 4.10. The fourth-order valence-corrected chi connectivity index (χ4v) is 4.33. The number of halogens is 1. The van der Waals surface area contributed by atoms with Crippen LogP contribution >= 0.6 is 11.6 Å². The van der Waals surface area contributed by atoms with Crippen LogP contribution in [0.5, 0.6) is 5.75 Å². The first kappa shape index (κ1) is 21.6. The summed E-state index contributed by atoms with van der Waals surface area (Å²) in [6, 6.07) is 16.1. The van der Waals surface area contributed by atoms with Gasteiger partial charge in [-0.25, -0.2) is 0 Å². The van der Waals surface area contributed by atoms with Crippen molar-refractivity contribution in [2.24, 2.45) is 10.8 Å². The number of amides is 1. The lowest BCUT2D eigenvalue weighted by Crippen LogP contribution is -3.10. The zero-order chi connectivity index (χ0) is 21.8. The van der Waals surface area contributed by atoms with Gasteiger partial charge in [0.05, 0.1) is 0 Å². The standard InChI is InChI=1S/C24H27ClN4O2/c1-16-13-20(31-15-17-5-3-2-4-6-17)11-12-22(16)28-24(30)23-21(25)14-27-29(23)19-9-7-18(26)8-10-19/h2-6,11-14,18-19H,7-10,15,26H2,1H3,(H,28,30)/p+1. The van der Waals surface area contributed by atoms with Crippen LogP contribution < -0.4 is 20.8 Å². The summed E-state index contributed by atoms with van der Waals surface area (Å²) >= 11 is 6.35. The highest BCUT2D eigenvalue weighted by molar-refractivity contribution is 6.41. The average Bonchev–Trinajstić information content (AvgIpc) is 3.16. The largest absolute Gasteiger partial charge is 0.489 e. The second-order valence-corrected chi connectivity index (χ2v) is 8.59. The van der Waals surface area contributed by atoms with Crippen molar-refractivity contribution in [2.45, 2.75) is 51.3 Å². The summed E-state index contributed by atoms with van der Waals surface area (Å²) in [4.78, 5) is 13.1. The lowest BCUT2D eigenvalue weighted by molar-refractivity contribution is -0.889. The molecule has 4 N–H and O–H groups in total. The highest BCUT2D eigenvalue weighted by Gasteiger charge is 2.38. The normalized spacial score (nSPS) is 23.1. The molecule has 1 fully saturated rings. The molecule has 162 valence electrons. The molecule has 2 aliphatic rings. The minimum Gasteiger partial charge on any atom is -0.489 e. The van der Waals surface area contributed by atoms with Gasteiger partial charge in [-0.15, -0.1) is 0 Å².